The highest BCUT2D eigenvalue weighted by atomic mass is 16.7. The van der Waals surface area contributed by atoms with E-state index in [1.54, 1.807) is 0 Å². The van der Waals surface area contributed by atoms with Crippen molar-refractivity contribution in [2.75, 3.05) is 19.8 Å². The van der Waals surface area contributed by atoms with Crippen molar-refractivity contribution in [2.24, 2.45) is 5.92 Å². The lowest BCUT2D eigenvalue weighted by Gasteiger charge is -2.29. The Kier molecular flexibility index (Phi) is 3.64. The van der Waals surface area contributed by atoms with Crippen LogP contribution in [-0.4, -0.2) is 25.6 Å². The lowest BCUT2D eigenvalue weighted by molar-refractivity contribution is -0.192. The molecule has 2 fully saturated rings. The summed E-state index contributed by atoms with van der Waals surface area (Å²) >= 11 is 0. The number of rotatable bonds is 4. The maximum absolute atomic E-state index is 5.83. The Balaban J connectivity index is 1.51. The first-order valence-corrected chi connectivity index (χ1v) is 6.79. The Hall–Kier alpha value is -0.900. The van der Waals surface area contributed by atoms with Crippen LogP contribution in [-0.2, 0) is 20.8 Å². The fraction of sp³-hybridized carbons (Fsp3) is 0.600. The Bertz CT molecular complexity index is 365. The van der Waals surface area contributed by atoms with Gasteiger partial charge < -0.3 is 14.2 Å². The van der Waals surface area contributed by atoms with Crippen molar-refractivity contribution in [1.82, 2.24) is 0 Å². The number of hydrogen-bond donors (Lipinski definition) is 0. The molecular weight excluding hydrogens is 228 g/mol. The van der Waals surface area contributed by atoms with E-state index < -0.39 is 0 Å². The highest BCUT2D eigenvalue weighted by Gasteiger charge is 2.47. The molecule has 1 spiro atoms. The summed E-state index contributed by atoms with van der Waals surface area (Å²) in [5, 5.41) is 0. The van der Waals surface area contributed by atoms with Crippen LogP contribution in [0, 0.1) is 5.92 Å². The van der Waals surface area contributed by atoms with Gasteiger partial charge in [0, 0.05) is 12.3 Å². The average molecular weight is 248 g/mol. The van der Waals surface area contributed by atoms with E-state index in [-0.39, 0.29) is 5.79 Å². The Morgan fingerprint density at radius 1 is 1.17 bits per heavy atom. The first-order chi connectivity index (χ1) is 8.89. The van der Waals surface area contributed by atoms with Gasteiger partial charge in [-0.2, -0.15) is 0 Å². The van der Waals surface area contributed by atoms with Gasteiger partial charge in [-0.15, -0.1) is 0 Å². The van der Waals surface area contributed by atoms with E-state index in [0.717, 1.165) is 32.7 Å². The molecule has 1 aromatic carbocycles. The van der Waals surface area contributed by atoms with Crippen LogP contribution in [0.25, 0.3) is 0 Å². The fourth-order valence-corrected chi connectivity index (χ4v) is 2.97. The molecule has 0 amide bonds. The quantitative estimate of drug-likeness (QED) is 0.820. The van der Waals surface area contributed by atoms with Gasteiger partial charge in [0.05, 0.1) is 26.4 Å². The second kappa shape index (κ2) is 5.39. The zero-order valence-corrected chi connectivity index (χ0v) is 10.6. The zero-order valence-electron chi connectivity index (χ0n) is 10.6. The molecule has 1 aliphatic carbocycles. The second-order valence-corrected chi connectivity index (χ2v) is 5.10. The van der Waals surface area contributed by atoms with Crippen molar-refractivity contribution in [3.05, 3.63) is 35.9 Å². The molecule has 1 saturated heterocycles. The number of hydrogen-bond acceptors (Lipinski definition) is 3. The predicted molar refractivity (Wildman–Crippen MR) is 68.1 cm³/mol. The normalized spacial score (nSPS) is 25.9. The van der Waals surface area contributed by atoms with Crippen LogP contribution < -0.4 is 0 Å². The third-order valence-electron chi connectivity index (χ3n) is 3.91. The molecule has 0 bridgehead atoms. The minimum absolute atomic E-state index is 0.323. The molecule has 98 valence electrons. The van der Waals surface area contributed by atoms with Crippen LogP contribution in [0.5, 0.6) is 0 Å². The van der Waals surface area contributed by atoms with Crippen LogP contribution in [0.3, 0.4) is 0 Å². The topological polar surface area (TPSA) is 27.7 Å². The molecular formula is C15H20O3. The molecule has 1 unspecified atom stereocenters. The van der Waals surface area contributed by atoms with Crippen LogP contribution >= 0.6 is 0 Å². The molecule has 1 heterocycles. The first kappa shape index (κ1) is 12.2. The SMILES string of the molecule is c1ccc(COCC2CCCC23OCCO3)cc1. The lowest BCUT2D eigenvalue weighted by atomic mass is 10.0. The third-order valence-corrected chi connectivity index (χ3v) is 3.91. The van der Waals surface area contributed by atoms with Crippen LogP contribution in [0.2, 0.25) is 0 Å². The summed E-state index contributed by atoms with van der Waals surface area (Å²) in [4.78, 5) is 0. The number of ether oxygens (including phenoxy) is 3. The zero-order chi connectivity index (χ0) is 12.3. The van der Waals surface area contributed by atoms with Gasteiger partial charge in [0.2, 0.25) is 0 Å². The maximum atomic E-state index is 5.83. The summed E-state index contributed by atoms with van der Waals surface area (Å²) in [6.07, 6.45) is 3.35. The molecule has 1 aliphatic heterocycles. The molecule has 3 heteroatoms. The molecule has 1 saturated carbocycles. The molecule has 3 nitrogen and oxygen atoms in total. The van der Waals surface area contributed by atoms with Gasteiger partial charge in [0.1, 0.15) is 0 Å². The fourth-order valence-electron chi connectivity index (χ4n) is 2.97. The van der Waals surface area contributed by atoms with Gasteiger partial charge in [-0.25, -0.2) is 0 Å². The van der Waals surface area contributed by atoms with Gasteiger partial charge in [-0.1, -0.05) is 30.3 Å². The molecule has 18 heavy (non-hydrogen) atoms. The monoisotopic (exact) mass is 248 g/mol. The maximum Gasteiger partial charge on any atom is 0.173 e. The van der Waals surface area contributed by atoms with Crippen molar-refractivity contribution in [2.45, 2.75) is 31.7 Å². The Morgan fingerprint density at radius 3 is 2.72 bits per heavy atom. The van der Waals surface area contributed by atoms with Crippen molar-refractivity contribution >= 4 is 0 Å². The Labute approximate surface area is 108 Å². The molecule has 2 aliphatic rings. The second-order valence-electron chi connectivity index (χ2n) is 5.10. The predicted octanol–water partition coefficient (Wildman–Crippen LogP) is 2.75. The highest BCUT2D eigenvalue weighted by molar-refractivity contribution is 5.13. The molecule has 0 N–H and O–H groups in total. The van der Waals surface area contributed by atoms with E-state index in [2.05, 4.69) is 12.1 Å². The summed E-state index contributed by atoms with van der Waals surface area (Å²) in [5.41, 5.74) is 1.22. The molecule has 0 radical (unpaired) electrons. The summed E-state index contributed by atoms with van der Waals surface area (Å²) in [7, 11) is 0. The highest BCUT2D eigenvalue weighted by Crippen LogP contribution is 2.42. The molecule has 0 aromatic heterocycles. The van der Waals surface area contributed by atoms with Gasteiger partial charge >= 0.3 is 0 Å². The van der Waals surface area contributed by atoms with Gasteiger partial charge in [0.15, 0.2) is 5.79 Å². The van der Waals surface area contributed by atoms with Gasteiger partial charge in [-0.3, -0.25) is 0 Å². The van der Waals surface area contributed by atoms with Crippen molar-refractivity contribution in [3.8, 4) is 0 Å². The Morgan fingerprint density at radius 2 is 1.94 bits per heavy atom. The van der Waals surface area contributed by atoms with Crippen molar-refractivity contribution in [1.29, 1.82) is 0 Å². The minimum atomic E-state index is -0.323. The lowest BCUT2D eigenvalue weighted by Crippen LogP contribution is -2.37. The van der Waals surface area contributed by atoms with Crippen molar-refractivity contribution < 1.29 is 14.2 Å². The van der Waals surface area contributed by atoms with E-state index >= 15 is 0 Å². The third kappa shape index (κ3) is 2.44. The summed E-state index contributed by atoms with van der Waals surface area (Å²) in [5.74, 6) is 0.0696. The summed E-state index contributed by atoms with van der Waals surface area (Å²) in [6, 6.07) is 10.3. The van der Waals surface area contributed by atoms with Crippen LogP contribution in [0.15, 0.2) is 30.3 Å². The minimum Gasteiger partial charge on any atom is -0.376 e. The average Bonchev–Trinajstić information content (AvgIpc) is 3.03. The smallest absolute Gasteiger partial charge is 0.173 e. The largest absolute Gasteiger partial charge is 0.376 e. The van der Waals surface area contributed by atoms with Crippen LogP contribution in [0.1, 0.15) is 24.8 Å². The van der Waals surface area contributed by atoms with Crippen LogP contribution in [0.4, 0.5) is 0 Å². The standard InChI is InChI=1S/C15H20O3/c1-2-5-13(6-3-1)11-16-12-14-7-4-8-15(14)17-9-10-18-15/h1-3,5-6,14H,4,7-12H2. The van der Waals surface area contributed by atoms with E-state index in [9.17, 15) is 0 Å². The summed E-state index contributed by atoms with van der Waals surface area (Å²) in [6.45, 7) is 2.87. The number of benzene rings is 1. The molecule has 1 aromatic rings. The first-order valence-electron chi connectivity index (χ1n) is 6.79. The molecule has 1 atom stereocenters. The van der Waals surface area contributed by atoms with E-state index in [0.29, 0.717) is 12.5 Å². The van der Waals surface area contributed by atoms with E-state index in [1.807, 2.05) is 18.2 Å². The van der Waals surface area contributed by atoms with Crippen molar-refractivity contribution in [3.63, 3.8) is 0 Å². The van der Waals surface area contributed by atoms with Gasteiger partial charge in [-0.05, 0) is 18.4 Å². The molecule has 3 rings (SSSR count). The van der Waals surface area contributed by atoms with E-state index in [1.165, 1.54) is 12.0 Å². The summed E-state index contributed by atoms with van der Waals surface area (Å²) < 4.78 is 17.5. The van der Waals surface area contributed by atoms with E-state index in [4.69, 9.17) is 14.2 Å². The van der Waals surface area contributed by atoms with Gasteiger partial charge in [0.25, 0.3) is 0 Å².